The lowest BCUT2D eigenvalue weighted by Crippen LogP contribution is -2.31. The Morgan fingerprint density at radius 2 is 2.04 bits per heavy atom. The maximum absolute atomic E-state index is 7.62. The number of aryl methyl sites for hydroxylation is 3. The molecule has 1 aliphatic heterocycles. The Kier molecular flexibility index (Phi) is 2.33. The Balaban J connectivity index is 1.67. The summed E-state index contributed by atoms with van der Waals surface area (Å²) in [5.41, 5.74) is 7.90. The van der Waals surface area contributed by atoms with Crippen LogP contribution in [0.3, 0.4) is 0 Å². The van der Waals surface area contributed by atoms with Gasteiger partial charge in [-0.3, -0.25) is 4.57 Å². The van der Waals surface area contributed by atoms with Crippen LogP contribution in [-0.4, -0.2) is 9.55 Å². The maximum Gasteiger partial charge on any atom is 0.214 e. The van der Waals surface area contributed by atoms with Crippen LogP contribution in [0.25, 0.3) is 28.0 Å². The summed E-state index contributed by atoms with van der Waals surface area (Å²) in [7, 11) is 2.02. The summed E-state index contributed by atoms with van der Waals surface area (Å²) < 4.78 is 27.2. The third-order valence-corrected chi connectivity index (χ3v) is 5.06. The smallest absolute Gasteiger partial charge is 0.214 e. The first-order chi connectivity index (χ1) is 13.3. The highest BCUT2D eigenvalue weighted by atomic mass is 15.1. The summed E-state index contributed by atoms with van der Waals surface area (Å²) in [6.07, 6.45) is 2.95. The van der Waals surface area contributed by atoms with E-state index in [9.17, 15) is 0 Å². The van der Waals surface area contributed by atoms with E-state index in [1.54, 1.807) is 12.1 Å². The van der Waals surface area contributed by atoms with Crippen molar-refractivity contribution in [2.45, 2.75) is 20.2 Å². The average Bonchev–Trinajstić information content (AvgIpc) is 3.16. The third kappa shape index (κ3) is 2.05. The molecule has 0 fully saturated rings. The molecule has 0 atom stereocenters. The van der Waals surface area contributed by atoms with Crippen molar-refractivity contribution in [1.29, 1.82) is 0 Å². The van der Waals surface area contributed by atoms with E-state index in [1.165, 1.54) is 11.3 Å². The van der Waals surface area contributed by atoms with E-state index >= 15 is 0 Å². The van der Waals surface area contributed by atoms with Gasteiger partial charge in [-0.1, -0.05) is 35.9 Å². The first kappa shape index (κ1) is 11.6. The van der Waals surface area contributed by atoms with E-state index in [1.807, 2.05) is 20.0 Å². The van der Waals surface area contributed by atoms with Gasteiger partial charge in [-0.05, 0) is 37.0 Å². The molecule has 1 aliphatic rings. The minimum atomic E-state index is -2.09. The van der Waals surface area contributed by atoms with Gasteiger partial charge in [-0.15, -0.1) is 0 Å². The number of para-hydroxylation sites is 1. The first-order valence-corrected chi connectivity index (χ1v) is 8.44. The Hall–Kier alpha value is -2.94. The molecule has 0 bridgehead atoms. The van der Waals surface area contributed by atoms with Gasteiger partial charge in [0.15, 0.2) is 6.20 Å². The molecule has 0 spiro atoms. The second kappa shape index (κ2) is 5.03. The summed E-state index contributed by atoms with van der Waals surface area (Å²) in [5.74, 6) is 1.06. The fraction of sp³-hybridized carbons (Fsp3) is 0.182. The van der Waals surface area contributed by atoms with Gasteiger partial charge < -0.3 is 0 Å². The number of pyridine rings is 1. The van der Waals surface area contributed by atoms with Gasteiger partial charge in [0, 0.05) is 22.2 Å². The number of hydrogen-bond acceptors (Lipinski definition) is 1. The zero-order valence-corrected chi connectivity index (χ0v) is 14.2. The van der Waals surface area contributed by atoms with Crippen LogP contribution < -0.4 is 4.57 Å². The van der Waals surface area contributed by atoms with Gasteiger partial charge in [0.1, 0.15) is 23.9 Å². The van der Waals surface area contributed by atoms with Crippen molar-refractivity contribution in [1.82, 2.24) is 9.55 Å². The molecule has 0 saturated heterocycles. The molecule has 4 aromatic rings. The number of hydrogen-bond donors (Lipinski definition) is 0. The van der Waals surface area contributed by atoms with Crippen LogP contribution >= 0.6 is 0 Å². The van der Waals surface area contributed by atoms with E-state index in [-0.39, 0.29) is 0 Å². The van der Waals surface area contributed by atoms with Gasteiger partial charge >= 0.3 is 0 Å². The van der Waals surface area contributed by atoms with Crippen molar-refractivity contribution < 1.29 is 8.68 Å². The third-order valence-electron chi connectivity index (χ3n) is 5.06. The monoisotopic (exact) mass is 329 g/mol. The molecule has 3 heteroatoms. The fourth-order valence-electron chi connectivity index (χ4n) is 3.87. The van der Waals surface area contributed by atoms with E-state index in [2.05, 4.69) is 45.7 Å². The highest BCUT2D eigenvalue weighted by molar-refractivity contribution is 5.82. The van der Waals surface area contributed by atoms with Crippen molar-refractivity contribution in [3.05, 3.63) is 77.2 Å². The number of fused-ring (bicyclic) bond motifs is 5. The van der Waals surface area contributed by atoms with E-state index in [4.69, 9.17) is 9.10 Å². The predicted octanol–water partition coefficient (Wildman–Crippen LogP) is 4.04. The summed E-state index contributed by atoms with van der Waals surface area (Å²) in [6.45, 7) is -0.133. The Bertz CT molecular complexity index is 1250. The van der Waals surface area contributed by atoms with E-state index in [0.717, 1.165) is 40.1 Å². The van der Waals surface area contributed by atoms with Crippen molar-refractivity contribution >= 4 is 11.0 Å². The molecule has 0 unspecified atom stereocenters. The summed E-state index contributed by atoms with van der Waals surface area (Å²) in [5, 5.41) is 0. The highest BCUT2D eigenvalue weighted by Crippen LogP contribution is 2.32. The van der Waals surface area contributed by atoms with Crippen molar-refractivity contribution in [3.8, 4) is 16.9 Å². The van der Waals surface area contributed by atoms with Crippen molar-refractivity contribution in [2.24, 2.45) is 7.05 Å². The van der Waals surface area contributed by atoms with Gasteiger partial charge in [-0.2, -0.15) is 4.57 Å². The van der Waals surface area contributed by atoms with Gasteiger partial charge in [0.05, 0.1) is 5.69 Å². The predicted molar refractivity (Wildman–Crippen MR) is 100.0 cm³/mol. The number of benzene rings is 2. The number of imidazole rings is 1. The summed E-state index contributed by atoms with van der Waals surface area (Å²) >= 11 is 0. The fourth-order valence-corrected chi connectivity index (χ4v) is 3.87. The zero-order valence-electron chi connectivity index (χ0n) is 17.2. The molecular weight excluding hydrogens is 306 g/mol. The standard InChI is InChI=1S/C22H20N3/c1-14-8-9-17(15(2)10-14)20-12-18-21(13-24(20)3)25-19-7-5-4-6-16(19)11-22(25)23-18/h4-10,12-13H,11H2,1-3H3/q+1/i1D3. The molecule has 5 rings (SSSR count). The molecule has 122 valence electrons. The average molecular weight is 329 g/mol. The Labute approximate surface area is 151 Å². The molecule has 3 heterocycles. The SMILES string of the molecule is [2H]C([2H])([2H])c1ccc(-c2cc3nc4n(c3c[n+]2C)-c2ccccc2C4)c(C)c1. The number of nitrogens with zero attached hydrogens (tertiary/aromatic N) is 3. The van der Waals surface area contributed by atoms with Gasteiger partial charge in [0.2, 0.25) is 5.69 Å². The zero-order chi connectivity index (χ0) is 19.6. The van der Waals surface area contributed by atoms with Crippen LogP contribution in [-0.2, 0) is 13.5 Å². The van der Waals surface area contributed by atoms with Gasteiger partial charge in [-0.25, -0.2) is 4.98 Å². The van der Waals surface area contributed by atoms with Crippen LogP contribution in [0.4, 0.5) is 0 Å². The quantitative estimate of drug-likeness (QED) is 0.425. The maximum atomic E-state index is 7.62. The minimum Gasteiger partial charge on any atom is -0.291 e. The minimum absolute atomic E-state index is 0.370. The second-order valence-electron chi connectivity index (χ2n) is 6.74. The topological polar surface area (TPSA) is 21.7 Å². The van der Waals surface area contributed by atoms with Gasteiger partial charge in [0.25, 0.3) is 0 Å². The highest BCUT2D eigenvalue weighted by Gasteiger charge is 2.25. The first-order valence-electron chi connectivity index (χ1n) is 9.94. The largest absolute Gasteiger partial charge is 0.291 e. The lowest BCUT2D eigenvalue weighted by Gasteiger charge is -2.07. The van der Waals surface area contributed by atoms with Crippen LogP contribution in [0, 0.1) is 13.8 Å². The molecule has 2 aromatic heterocycles. The lowest BCUT2D eigenvalue weighted by atomic mass is 10.0. The molecule has 2 aromatic carbocycles. The van der Waals surface area contributed by atoms with Crippen molar-refractivity contribution in [2.75, 3.05) is 0 Å². The molecule has 3 nitrogen and oxygen atoms in total. The molecule has 25 heavy (non-hydrogen) atoms. The Morgan fingerprint density at radius 1 is 1.16 bits per heavy atom. The van der Waals surface area contributed by atoms with Crippen LogP contribution in [0.1, 0.15) is 26.6 Å². The lowest BCUT2D eigenvalue weighted by molar-refractivity contribution is -0.659. The Morgan fingerprint density at radius 3 is 2.88 bits per heavy atom. The molecule has 0 radical (unpaired) electrons. The van der Waals surface area contributed by atoms with Crippen LogP contribution in [0.2, 0.25) is 0 Å². The second-order valence-corrected chi connectivity index (χ2v) is 6.74. The molecule has 0 N–H and O–H groups in total. The van der Waals surface area contributed by atoms with Crippen molar-refractivity contribution in [3.63, 3.8) is 0 Å². The molecule has 0 aliphatic carbocycles. The van der Waals surface area contributed by atoms with Crippen LogP contribution in [0.5, 0.6) is 0 Å². The normalized spacial score (nSPS) is 14.7. The molecule has 0 saturated carbocycles. The summed E-state index contributed by atoms with van der Waals surface area (Å²) in [6, 6.07) is 15.9. The molecular formula is C22H20N3+. The van der Waals surface area contributed by atoms with E-state index in [0.29, 0.717) is 5.56 Å². The van der Waals surface area contributed by atoms with E-state index < -0.39 is 6.85 Å². The van der Waals surface area contributed by atoms with Crippen LogP contribution in [0.15, 0.2) is 54.7 Å². The number of rotatable bonds is 1. The summed E-state index contributed by atoms with van der Waals surface area (Å²) in [4.78, 5) is 4.88. The number of aromatic nitrogens is 3. The molecule has 0 amide bonds.